The van der Waals surface area contributed by atoms with Crippen molar-refractivity contribution in [2.45, 2.75) is 31.6 Å². The molecule has 0 amide bonds. The molecule has 1 aromatic rings. The number of hydrogen-bond donors (Lipinski definition) is 0. The quantitative estimate of drug-likeness (QED) is 0.320. The Labute approximate surface area is 176 Å². The summed E-state index contributed by atoms with van der Waals surface area (Å²) in [5.41, 5.74) is 7.08. The average Bonchev–Trinajstić information content (AvgIpc) is 2.90. The molecule has 0 N–H and O–H groups in total. The van der Waals surface area contributed by atoms with Crippen LogP contribution in [0, 0.1) is 5.92 Å². The predicted octanol–water partition coefficient (Wildman–Crippen LogP) is 7.58. The topological polar surface area (TPSA) is 0 Å². The monoisotopic (exact) mass is 464 g/mol. The van der Waals surface area contributed by atoms with Crippen LogP contribution in [0.4, 0.5) is 0 Å². The van der Waals surface area contributed by atoms with Gasteiger partial charge in [-0.25, -0.2) is 0 Å². The molecular weight excluding hydrogens is 439 g/mol. The molecule has 2 unspecified atom stereocenters. The lowest BCUT2D eigenvalue weighted by Gasteiger charge is -2.29. The van der Waals surface area contributed by atoms with Crippen LogP contribution >= 0.6 is 22.6 Å². The summed E-state index contributed by atoms with van der Waals surface area (Å²) in [6.07, 6.45) is 23.2. The lowest BCUT2D eigenvalue weighted by atomic mass is 9.74. The van der Waals surface area contributed by atoms with Gasteiger partial charge in [0.05, 0.1) is 0 Å². The van der Waals surface area contributed by atoms with Crippen molar-refractivity contribution < 1.29 is 0 Å². The van der Waals surface area contributed by atoms with Crippen molar-refractivity contribution in [3.8, 4) is 0 Å². The van der Waals surface area contributed by atoms with Crippen molar-refractivity contribution in [3.05, 3.63) is 111 Å². The van der Waals surface area contributed by atoms with Gasteiger partial charge in [0.1, 0.15) is 0 Å². The highest BCUT2D eigenvalue weighted by Gasteiger charge is 2.44. The Morgan fingerprint density at radius 3 is 2.67 bits per heavy atom. The molecule has 1 aromatic carbocycles. The van der Waals surface area contributed by atoms with E-state index >= 15 is 0 Å². The summed E-state index contributed by atoms with van der Waals surface area (Å²) < 4.78 is 1.05. The largest absolute Gasteiger partial charge is 0.0856 e. The lowest BCUT2D eigenvalue weighted by molar-refractivity contribution is 0.394. The Hall–Kier alpha value is -1.87. The van der Waals surface area contributed by atoms with Gasteiger partial charge in [-0.1, -0.05) is 93.3 Å². The van der Waals surface area contributed by atoms with E-state index in [2.05, 4.69) is 122 Å². The van der Waals surface area contributed by atoms with Gasteiger partial charge in [0.15, 0.2) is 0 Å². The molecular formula is C26H25I. The van der Waals surface area contributed by atoms with Crippen LogP contribution in [-0.4, -0.2) is 0 Å². The van der Waals surface area contributed by atoms with E-state index in [0.29, 0.717) is 11.8 Å². The Morgan fingerprint density at radius 1 is 1.11 bits per heavy atom. The van der Waals surface area contributed by atoms with Crippen molar-refractivity contribution in [1.29, 1.82) is 0 Å². The highest BCUT2D eigenvalue weighted by Crippen LogP contribution is 2.53. The third-order valence-electron chi connectivity index (χ3n) is 6.04. The van der Waals surface area contributed by atoms with Crippen LogP contribution in [0.25, 0.3) is 5.57 Å². The second-order valence-corrected chi connectivity index (χ2v) is 9.44. The van der Waals surface area contributed by atoms with Gasteiger partial charge in [0.2, 0.25) is 0 Å². The molecule has 27 heavy (non-hydrogen) atoms. The predicted molar refractivity (Wildman–Crippen MR) is 126 cm³/mol. The standard InChI is InChI=1S/C26H25I/c1-18(27)13-15-21(19-9-5-4-6-10-19)20-14-16-23-22-11-7-8-12-24(22)26(2,3)25(23)17-20/h4-9,11-17,22,24H,1,10H2,2-3H3/b15-13-,21-19+. The smallest absolute Gasteiger partial charge is 0.00953 e. The van der Waals surface area contributed by atoms with Crippen LogP contribution in [0.5, 0.6) is 0 Å². The SMILES string of the molecule is C=C(I)/C=C\C(=C1\C=CC=CC1)c1ccc2c(c1)C(C)(C)C1C=CC=CC21. The molecule has 0 aromatic heterocycles. The van der Waals surface area contributed by atoms with E-state index in [1.807, 2.05) is 0 Å². The van der Waals surface area contributed by atoms with Crippen LogP contribution in [0.2, 0.25) is 0 Å². The fourth-order valence-corrected chi connectivity index (χ4v) is 4.80. The minimum atomic E-state index is 0.145. The molecule has 0 heterocycles. The molecule has 0 saturated heterocycles. The molecule has 0 spiro atoms. The zero-order valence-electron chi connectivity index (χ0n) is 16.0. The first-order valence-electron chi connectivity index (χ1n) is 9.57. The fourth-order valence-electron chi connectivity index (χ4n) is 4.62. The second-order valence-electron chi connectivity index (χ2n) is 8.06. The minimum Gasteiger partial charge on any atom is -0.0856 e. The van der Waals surface area contributed by atoms with Crippen LogP contribution < -0.4 is 0 Å². The molecule has 3 aliphatic rings. The van der Waals surface area contributed by atoms with Crippen molar-refractivity contribution in [2.24, 2.45) is 5.92 Å². The molecule has 136 valence electrons. The molecule has 3 aliphatic carbocycles. The zero-order chi connectivity index (χ0) is 19.0. The first kappa shape index (κ1) is 18.5. The Bertz CT molecular complexity index is 960. The van der Waals surface area contributed by atoms with E-state index in [4.69, 9.17) is 0 Å². The van der Waals surface area contributed by atoms with E-state index in [9.17, 15) is 0 Å². The number of hydrogen-bond acceptors (Lipinski definition) is 0. The summed E-state index contributed by atoms with van der Waals surface area (Å²) in [5.74, 6) is 1.05. The Balaban J connectivity index is 1.84. The molecule has 0 bridgehead atoms. The van der Waals surface area contributed by atoms with Gasteiger partial charge in [-0.3, -0.25) is 0 Å². The second kappa shape index (κ2) is 7.27. The molecule has 2 atom stereocenters. The Morgan fingerprint density at radius 2 is 1.93 bits per heavy atom. The van der Waals surface area contributed by atoms with Crippen LogP contribution in [0.1, 0.15) is 42.9 Å². The van der Waals surface area contributed by atoms with Crippen molar-refractivity contribution in [1.82, 2.24) is 0 Å². The van der Waals surface area contributed by atoms with Gasteiger partial charge in [-0.05, 0) is 74.3 Å². The number of rotatable bonds is 3. The fraction of sp³-hybridized carbons (Fsp3) is 0.231. The van der Waals surface area contributed by atoms with E-state index in [0.717, 1.165) is 10.0 Å². The summed E-state index contributed by atoms with van der Waals surface area (Å²) in [5, 5.41) is 0. The molecule has 0 aliphatic heterocycles. The third kappa shape index (κ3) is 3.38. The molecule has 0 saturated carbocycles. The number of benzene rings is 1. The van der Waals surface area contributed by atoms with Gasteiger partial charge in [-0.15, -0.1) is 0 Å². The third-order valence-corrected chi connectivity index (χ3v) is 6.40. The van der Waals surface area contributed by atoms with Crippen LogP contribution in [-0.2, 0) is 5.41 Å². The maximum Gasteiger partial charge on any atom is 0.00953 e. The number of allylic oxidation sites excluding steroid dienone is 13. The number of halogens is 1. The van der Waals surface area contributed by atoms with Gasteiger partial charge in [0, 0.05) is 9.50 Å². The average molecular weight is 464 g/mol. The first-order chi connectivity index (χ1) is 13.0. The summed E-state index contributed by atoms with van der Waals surface area (Å²) in [6, 6.07) is 7.10. The molecule has 0 radical (unpaired) electrons. The van der Waals surface area contributed by atoms with Crippen molar-refractivity contribution >= 4 is 28.2 Å². The Kier molecular flexibility index (Phi) is 4.98. The maximum atomic E-state index is 4.03. The van der Waals surface area contributed by atoms with E-state index in [-0.39, 0.29) is 5.41 Å². The first-order valence-corrected chi connectivity index (χ1v) is 10.6. The van der Waals surface area contributed by atoms with Gasteiger partial charge in [0.25, 0.3) is 0 Å². The minimum absolute atomic E-state index is 0.145. The molecule has 0 nitrogen and oxygen atoms in total. The molecule has 4 rings (SSSR count). The van der Waals surface area contributed by atoms with Gasteiger partial charge >= 0.3 is 0 Å². The van der Waals surface area contributed by atoms with Crippen molar-refractivity contribution in [2.75, 3.05) is 0 Å². The summed E-state index contributed by atoms with van der Waals surface area (Å²) >= 11 is 2.27. The van der Waals surface area contributed by atoms with Crippen molar-refractivity contribution in [3.63, 3.8) is 0 Å². The maximum absolute atomic E-state index is 4.03. The zero-order valence-corrected chi connectivity index (χ0v) is 18.1. The molecule has 0 fully saturated rings. The van der Waals surface area contributed by atoms with E-state index in [1.165, 1.54) is 27.8 Å². The highest BCUT2D eigenvalue weighted by molar-refractivity contribution is 14.1. The van der Waals surface area contributed by atoms with Crippen LogP contribution in [0.3, 0.4) is 0 Å². The normalized spacial score (nSPS) is 26.3. The number of fused-ring (bicyclic) bond motifs is 3. The highest BCUT2D eigenvalue weighted by atomic mass is 127. The summed E-state index contributed by atoms with van der Waals surface area (Å²) in [4.78, 5) is 0. The summed E-state index contributed by atoms with van der Waals surface area (Å²) in [7, 11) is 0. The summed E-state index contributed by atoms with van der Waals surface area (Å²) in [6.45, 7) is 8.81. The van der Waals surface area contributed by atoms with Gasteiger partial charge in [-0.2, -0.15) is 0 Å². The molecule has 1 heteroatoms. The van der Waals surface area contributed by atoms with Crippen LogP contribution in [0.15, 0.2) is 94.7 Å². The van der Waals surface area contributed by atoms with E-state index < -0.39 is 0 Å². The van der Waals surface area contributed by atoms with Gasteiger partial charge < -0.3 is 0 Å². The van der Waals surface area contributed by atoms with E-state index in [1.54, 1.807) is 0 Å². The lowest BCUT2D eigenvalue weighted by Crippen LogP contribution is -2.24.